The van der Waals surface area contributed by atoms with Crippen LogP contribution in [0.3, 0.4) is 0 Å². The molecule has 5 nitrogen and oxygen atoms in total. The maximum absolute atomic E-state index is 12.4. The number of hydrogen-bond acceptors (Lipinski definition) is 4. The predicted molar refractivity (Wildman–Crippen MR) is 75.8 cm³/mol. The molecule has 0 saturated carbocycles. The van der Waals surface area contributed by atoms with Crippen molar-refractivity contribution < 1.29 is 31.1 Å². The van der Waals surface area contributed by atoms with Gasteiger partial charge in [-0.1, -0.05) is 24.3 Å². The summed E-state index contributed by atoms with van der Waals surface area (Å²) in [7, 11) is -4.33. The van der Waals surface area contributed by atoms with Crippen LogP contribution in [0.1, 0.15) is 10.4 Å². The molecule has 0 bridgehead atoms. The molecule has 0 unspecified atom stereocenters. The lowest BCUT2D eigenvalue weighted by atomic mass is 10.2. The molecule has 0 amide bonds. The summed E-state index contributed by atoms with van der Waals surface area (Å²) in [5.41, 5.74) is 0.251. The summed E-state index contributed by atoms with van der Waals surface area (Å²) >= 11 is 0. The van der Waals surface area contributed by atoms with E-state index in [0.29, 0.717) is 6.29 Å². The molecule has 9 heteroatoms. The van der Waals surface area contributed by atoms with Gasteiger partial charge in [-0.15, -0.1) is 13.2 Å². The highest BCUT2D eigenvalue weighted by Gasteiger charge is 2.34. The van der Waals surface area contributed by atoms with Crippen molar-refractivity contribution in [2.75, 3.05) is 4.72 Å². The lowest BCUT2D eigenvalue weighted by Gasteiger charge is -2.14. The molecule has 0 aliphatic carbocycles. The maximum atomic E-state index is 12.4. The van der Waals surface area contributed by atoms with Crippen LogP contribution in [0.25, 0.3) is 0 Å². The van der Waals surface area contributed by atoms with Crippen LogP contribution in [0.15, 0.2) is 53.4 Å². The van der Waals surface area contributed by atoms with E-state index >= 15 is 0 Å². The van der Waals surface area contributed by atoms with E-state index in [1.807, 2.05) is 0 Å². The molecular weight excluding hydrogens is 335 g/mol. The molecule has 0 saturated heterocycles. The van der Waals surface area contributed by atoms with E-state index in [4.69, 9.17) is 0 Å². The average Bonchev–Trinajstić information content (AvgIpc) is 2.45. The highest BCUT2D eigenvalue weighted by atomic mass is 32.2. The first-order chi connectivity index (χ1) is 10.7. The molecule has 0 heterocycles. The van der Waals surface area contributed by atoms with E-state index in [1.54, 1.807) is 0 Å². The number of nitrogens with one attached hydrogen (secondary N) is 1. The van der Waals surface area contributed by atoms with Gasteiger partial charge in [0.1, 0.15) is 16.9 Å². The van der Waals surface area contributed by atoms with E-state index in [1.165, 1.54) is 36.4 Å². The van der Waals surface area contributed by atoms with Gasteiger partial charge in [0, 0.05) is 11.3 Å². The molecule has 0 atom stereocenters. The number of alkyl halides is 3. The topological polar surface area (TPSA) is 72.5 Å². The Morgan fingerprint density at radius 3 is 2.39 bits per heavy atom. The monoisotopic (exact) mass is 345 g/mol. The van der Waals surface area contributed by atoms with Gasteiger partial charge < -0.3 is 4.74 Å². The number of halogens is 3. The molecule has 122 valence electrons. The zero-order chi connectivity index (χ0) is 17.1. The Labute approximate surface area is 129 Å². The van der Waals surface area contributed by atoms with Crippen LogP contribution in [0, 0.1) is 0 Å². The fraction of sp³-hybridized carbons (Fsp3) is 0.0714. The zero-order valence-electron chi connectivity index (χ0n) is 11.4. The molecule has 0 aliphatic rings. The van der Waals surface area contributed by atoms with E-state index in [0.717, 1.165) is 12.1 Å². The van der Waals surface area contributed by atoms with Crippen LogP contribution in [-0.4, -0.2) is 21.1 Å². The highest BCUT2D eigenvalue weighted by Crippen LogP contribution is 2.30. The summed E-state index contributed by atoms with van der Waals surface area (Å²) in [6.45, 7) is 0. The first kappa shape index (κ1) is 16.8. The van der Waals surface area contributed by atoms with Gasteiger partial charge in [0.25, 0.3) is 10.0 Å². The molecule has 1 N–H and O–H groups in total. The number of rotatable bonds is 5. The highest BCUT2D eigenvalue weighted by molar-refractivity contribution is 7.92. The zero-order valence-corrected chi connectivity index (χ0v) is 12.2. The number of sulfonamides is 1. The van der Waals surface area contributed by atoms with Gasteiger partial charge in [0.15, 0.2) is 0 Å². The number of anilines is 1. The SMILES string of the molecule is O=Cc1cccc(NS(=O)(=O)c2ccccc2OC(F)(F)F)c1. The number of ether oxygens (including phenoxy) is 1. The molecular formula is C14H10F3NO4S. The summed E-state index contributed by atoms with van der Waals surface area (Å²) in [5.74, 6) is -0.848. The lowest BCUT2D eigenvalue weighted by molar-refractivity contribution is -0.275. The van der Waals surface area contributed by atoms with Crippen molar-refractivity contribution in [3.8, 4) is 5.75 Å². The number of hydrogen-bond donors (Lipinski definition) is 1. The summed E-state index contributed by atoms with van der Waals surface area (Å²) < 4.78 is 67.4. The Morgan fingerprint density at radius 1 is 1.04 bits per heavy atom. The van der Waals surface area contributed by atoms with E-state index in [9.17, 15) is 26.4 Å². The normalized spacial score (nSPS) is 11.8. The lowest BCUT2D eigenvalue weighted by Crippen LogP contribution is -2.20. The van der Waals surface area contributed by atoms with E-state index < -0.39 is 27.0 Å². The van der Waals surface area contributed by atoms with Crippen molar-refractivity contribution in [3.63, 3.8) is 0 Å². The van der Waals surface area contributed by atoms with E-state index in [-0.39, 0.29) is 11.3 Å². The quantitative estimate of drug-likeness (QED) is 0.845. The largest absolute Gasteiger partial charge is 0.573 e. The molecule has 0 radical (unpaired) electrons. The van der Waals surface area contributed by atoms with Crippen LogP contribution in [0.5, 0.6) is 5.75 Å². The maximum Gasteiger partial charge on any atom is 0.573 e. The first-order valence-electron chi connectivity index (χ1n) is 6.14. The Morgan fingerprint density at radius 2 is 1.74 bits per heavy atom. The number of aldehydes is 1. The second-order valence-electron chi connectivity index (χ2n) is 4.34. The van der Waals surface area contributed by atoms with Crippen LogP contribution in [0.4, 0.5) is 18.9 Å². The smallest absolute Gasteiger partial charge is 0.404 e. The Balaban J connectivity index is 2.38. The minimum atomic E-state index is -5.02. The molecule has 2 rings (SSSR count). The number of carbonyl (C=O) groups excluding carboxylic acids is 1. The van der Waals surface area contributed by atoms with Gasteiger partial charge in [0.2, 0.25) is 0 Å². The van der Waals surface area contributed by atoms with Gasteiger partial charge in [-0.25, -0.2) is 8.42 Å². The molecule has 0 aliphatic heterocycles. The van der Waals surface area contributed by atoms with Crippen molar-refractivity contribution in [2.24, 2.45) is 0 Å². The van der Waals surface area contributed by atoms with Crippen LogP contribution in [-0.2, 0) is 10.0 Å². The summed E-state index contributed by atoms with van der Waals surface area (Å²) in [5, 5.41) is 0. The minimum absolute atomic E-state index is 0.0383. The standard InChI is InChI=1S/C14H10F3NO4S/c15-14(16,17)22-12-6-1-2-7-13(12)23(20,21)18-11-5-3-4-10(8-11)9-19/h1-9,18H. The van der Waals surface area contributed by atoms with Gasteiger partial charge in [-0.3, -0.25) is 9.52 Å². The van der Waals surface area contributed by atoms with Crippen LogP contribution in [0.2, 0.25) is 0 Å². The van der Waals surface area contributed by atoms with Crippen molar-refractivity contribution in [2.45, 2.75) is 11.3 Å². The van der Waals surface area contributed by atoms with Crippen molar-refractivity contribution in [3.05, 3.63) is 54.1 Å². The molecule has 23 heavy (non-hydrogen) atoms. The number of benzene rings is 2. The van der Waals surface area contributed by atoms with Crippen LogP contribution >= 0.6 is 0 Å². The van der Waals surface area contributed by atoms with Gasteiger partial charge in [-0.05, 0) is 24.3 Å². The first-order valence-corrected chi connectivity index (χ1v) is 7.62. The van der Waals surface area contributed by atoms with Gasteiger partial charge in [-0.2, -0.15) is 0 Å². The molecule has 2 aromatic carbocycles. The summed E-state index contributed by atoms with van der Waals surface area (Å²) in [6.07, 6.45) is -4.51. The third-order valence-corrected chi connectivity index (χ3v) is 4.06. The summed E-state index contributed by atoms with van der Waals surface area (Å²) in [4.78, 5) is 10.0. The average molecular weight is 345 g/mol. The van der Waals surface area contributed by atoms with Crippen molar-refractivity contribution in [1.82, 2.24) is 0 Å². The molecule has 2 aromatic rings. The second-order valence-corrected chi connectivity index (χ2v) is 5.99. The fourth-order valence-corrected chi connectivity index (χ4v) is 2.95. The fourth-order valence-electron chi connectivity index (χ4n) is 1.77. The number of carbonyl (C=O) groups is 1. The van der Waals surface area contributed by atoms with Crippen LogP contribution < -0.4 is 9.46 Å². The Bertz CT molecular complexity index is 819. The molecule has 0 spiro atoms. The van der Waals surface area contributed by atoms with Gasteiger partial charge >= 0.3 is 6.36 Å². The summed E-state index contributed by atoms with van der Waals surface area (Å²) in [6, 6.07) is 9.84. The Hall–Kier alpha value is -2.55. The van der Waals surface area contributed by atoms with Crippen molar-refractivity contribution >= 4 is 22.0 Å². The second kappa shape index (κ2) is 6.29. The van der Waals surface area contributed by atoms with E-state index in [2.05, 4.69) is 9.46 Å². The number of para-hydroxylation sites is 1. The minimum Gasteiger partial charge on any atom is -0.404 e. The Kier molecular flexibility index (Phi) is 4.60. The third-order valence-electron chi connectivity index (χ3n) is 2.64. The molecule has 0 fully saturated rings. The van der Waals surface area contributed by atoms with Gasteiger partial charge in [0.05, 0.1) is 0 Å². The third kappa shape index (κ3) is 4.46. The molecule has 0 aromatic heterocycles. The predicted octanol–water partition coefficient (Wildman–Crippen LogP) is 3.20. The van der Waals surface area contributed by atoms with Crippen molar-refractivity contribution in [1.29, 1.82) is 0 Å².